The first-order valence-corrected chi connectivity index (χ1v) is 7.37. The first-order chi connectivity index (χ1) is 8.43. The topological polar surface area (TPSA) is 88.8 Å². The number of aromatic nitrogens is 2. The molecule has 0 saturated heterocycles. The third kappa shape index (κ3) is 2.30. The molecule has 1 aromatic carbocycles. The monoisotopic (exact) mass is 265 g/mol. The Balaban J connectivity index is 2.47. The average molecular weight is 265 g/mol. The number of aryl methyl sites for hydroxylation is 1. The fourth-order valence-corrected chi connectivity index (χ4v) is 2.43. The maximum absolute atomic E-state index is 11.4. The van der Waals surface area contributed by atoms with E-state index >= 15 is 0 Å². The molecule has 0 saturated carbocycles. The van der Waals surface area contributed by atoms with Gasteiger partial charge in [0.2, 0.25) is 0 Å². The quantitative estimate of drug-likeness (QED) is 0.874. The van der Waals surface area contributed by atoms with E-state index in [1.807, 2.05) is 6.92 Å². The molecule has 0 spiro atoms. The number of nitrogens with two attached hydrogens (primary N) is 1. The van der Waals surface area contributed by atoms with E-state index in [0.717, 1.165) is 22.5 Å². The van der Waals surface area contributed by atoms with E-state index < -0.39 is 9.84 Å². The van der Waals surface area contributed by atoms with Crippen molar-refractivity contribution in [2.75, 3.05) is 6.26 Å². The average Bonchev–Trinajstić information content (AvgIpc) is 2.69. The van der Waals surface area contributed by atoms with E-state index in [-0.39, 0.29) is 0 Å². The SMILES string of the molecule is Cc1[nH]nc(-c2ccc(S(C)(=O)=O)cc2)c1CN. The van der Waals surface area contributed by atoms with Crippen LogP contribution in [0.3, 0.4) is 0 Å². The minimum absolute atomic E-state index is 0.299. The lowest BCUT2D eigenvalue weighted by Crippen LogP contribution is -1.99. The Morgan fingerprint density at radius 3 is 2.39 bits per heavy atom. The number of benzene rings is 1. The summed E-state index contributed by atoms with van der Waals surface area (Å²) in [5.41, 5.74) is 9.18. The molecule has 1 heterocycles. The summed E-state index contributed by atoms with van der Waals surface area (Å²) >= 11 is 0. The van der Waals surface area contributed by atoms with Crippen LogP contribution in [0.25, 0.3) is 11.3 Å². The van der Waals surface area contributed by atoms with Crippen LogP contribution in [-0.4, -0.2) is 24.9 Å². The molecule has 0 unspecified atom stereocenters. The second kappa shape index (κ2) is 4.55. The molecule has 0 radical (unpaired) electrons. The van der Waals surface area contributed by atoms with Gasteiger partial charge in [0.05, 0.1) is 10.6 Å². The van der Waals surface area contributed by atoms with Crippen LogP contribution in [0.15, 0.2) is 29.2 Å². The third-order valence-corrected chi connectivity index (χ3v) is 3.96. The van der Waals surface area contributed by atoms with E-state index in [1.165, 1.54) is 6.26 Å². The zero-order valence-electron chi connectivity index (χ0n) is 10.3. The first-order valence-electron chi connectivity index (χ1n) is 5.48. The Morgan fingerprint density at radius 2 is 1.89 bits per heavy atom. The number of nitrogens with one attached hydrogen (secondary N) is 1. The van der Waals surface area contributed by atoms with Gasteiger partial charge in [-0.2, -0.15) is 5.10 Å². The Kier molecular flexibility index (Phi) is 3.23. The minimum Gasteiger partial charge on any atom is -0.326 e. The maximum atomic E-state index is 11.4. The van der Waals surface area contributed by atoms with Crippen molar-refractivity contribution in [3.8, 4) is 11.3 Å². The molecule has 5 nitrogen and oxygen atoms in total. The number of aromatic amines is 1. The van der Waals surface area contributed by atoms with Crippen molar-refractivity contribution >= 4 is 9.84 Å². The molecule has 1 aromatic heterocycles. The Morgan fingerprint density at radius 1 is 1.28 bits per heavy atom. The van der Waals surface area contributed by atoms with Crippen molar-refractivity contribution in [1.82, 2.24) is 10.2 Å². The Bertz CT molecular complexity index is 657. The predicted octanol–water partition coefficient (Wildman–Crippen LogP) is 1.25. The lowest BCUT2D eigenvalue weighted by Gasteiger charge is -2.03. The number of hydrogen-bond donors (Lipinski definition) is 2. The molecule has 96 valence electrons. The van der Waals surface area contributed by atoms with Crippen molar-refractivity contribution in [3.63, 3.8) is 0 Å². The third-order valence-electron chi connectivity index (χ3n) is 2.83. The van der Waals surface area contributed by atoms with Crippen molar-refractivity contribution in [3.05, 3.63) is 35.5 Å². The van der Waals surface area contributed by atoms with Crippen LogP contribution < -0.4 is 5.73 Å². The molecular formula is C12H15N3O2S. The van der Waals surface area contributed by atoms with E-state index in [2.05, 4.69) is 10.2 Å². The summed E-state index contributed by atoms with van der Waals surface area (Å²) in [6.07, 6.45) is 1.19. The van der Waals surface area contributed by atoms with Crippen LogP contribution in [-0.2, 0) is 16.4 Å². The van der Waals surface area contributed by atoms with Crippen LogP contribution in [0, 0.1) is 6.92 Å². The van der Waals surface area contributed by atoms with Gasteiger partial charge in [0.15, 0.2) is 9.84 Å². The van der Waals surface area contributed by atoms with Gasteiger partial charge in [-0.15, -0.1) is 0 Å². The number of nitrogens with zero attached hydrogens (tertiary/aromatic N) is 1. The summed E-state index contributed by atoms with van der Waals surface area (Å²) in [5.74, 6) is 0. The molecule has 3 N–H and O–H groups in total. The molecule has 2 rings (SSSR count). The van der Waals surface area contributed by atoms with E-state index in [4.69, 9.17) is 5.73 Å². The van der Waals surface area contributed by atoms with E-state index in [9.17, 15) is 8.42 Å². The zero-order valence-corrected chi connectivity index (χ0v) is 11.1. The summed E-state index contributed by atoms with van der Waals surface area (Å²) < 4.78 is 22.7. The highest BCUT2D eigenvalue weighted by Crippen LogP contribution is 2.24. The molecule has 0 atom stereocenters. The molecule has 0 aliphatic carbocycles. The highest BCUT2D eigenvalue weighted by molar-refractivity contribution is 7.90. The fraction of sp³-hybridized carbons (Fsp3) is 0.250. The van der Waals surface area contributed by atoms with Gasteiger partial charge in [-0.25, -0.2) is 8.42 Å². The summed E-state index contributed by atoms with van der Waals surface area (Å²) in [7, 11) is -3.17. The highest BCUT2D eigenvalue weighted by atomic mass is 32.2. The molecule has 6 heteroatoms. The van der Waals surface area contributed by atoms with Crippen molar-refractivity contribution in [2.24, 2.45) is 5.73 Å². The number of sulfone groups is 1. The standard InChI is InChI=1S/C12H15N3O2S/c1-8-11(7-13)12(15-14-8)9-3-5-10(6-4-9)18(2,16)17/h3-6H,7,13H2,1-2H3,(H,14,15). The van der Waals surface area contributed by atoms with Gasteiger partial charge in [-0.1, -0.05) is 12.1 Å². The summed E-state index contributed by atoms with van der Waals surface area (Å²) in [6.45, 7) is 2.30. The van der Waals surface area contributed by atoms with Crippen molar-refractivity contribution < 1.29 is 8.42 Å². The molecule has 2 aromatic rings. The summed E-state index contributed by atoms with van der Waals surface area (Å²) in [5, 5.41) is 7.08. The molecule has 18 heavy (non-hydrogen) atoms. The van der Waals surface area contributed by atoms with Crippen LogP contribution in [0.2, 0.25) is 0 Å². The maximum Gasteiger partial charge on any atom is 0.175 e. The van der Waals surface area contributed by atoms with Gasteiger partial charge >= 0.3 is 0 Å². The molecule has 0 amide bonds. The normalized spacial score (nSPS) is 11.7. The number of rotatable bonds is 3. The minimum atomic E-state index is -3.17. The van der Waals surface area contributed by atoms with Crippen molar-refractivity contribution in [2.45, 2.75) is 18.4 Å². The Hall–Kier alpha value is -1.66. The summed E-state index contributed by atoms with van der Waals surface area (Å²) in [4.78, 5) is 0.299. The van der Waals surface area contributed by atoms with Crippen LogP contribution >= 0.6 is 0 Å². The first kappa shape index (κ1) is 12.8. The molecule has 0 fully saturated rings. The van der Waals surface area contributed by atoms with Gasteiger partial charge in [-0.3, -0.25) is 5.10 Å². The summed E-state index contributed by atoms with van der Waals surface area (Å²) in [6, 6.07) is 6.64. The predicted molar refractivity (Wildman–Crippen MR) is 69.8 cm³/mol. The van der Waals surface area contributed by atoms with Gasteiger partial charge in [0.1, 0.15) is 0 Å². The van der Waals surface area contributed by atoms with Gasteiger partial charge in [-0.05, 0) is 19.1 Å². The van der Waals surface area contributed by atoms with Gasteiger partial charge in [0, 0.05) is 29.6 Å². The highest BCUT2D eigenvalue weighted by Gasteiger charge is 2.12. The van der Waals surface area contributed by atoms with Crippen LogP contribution in [0.5, 0.6) is 0 Å². The molecule has 0 bridgehead atoms. The second-order valence-corrected chi connectivity index (χ2v) is 6.19. The largest absolute Gasteiger partial charge is 0.326 e. The number of H-pyrrole nitrogens is 1. The lowest BCUT2D eigenvalue weighted by molar-refractivity contribution is 0.602. The Labute approximate surface area is 106 Å². The smallest absolute Gasteiger partial charge is 0.175 e. The van der Waals surface area contributed by atoms with Crippen LogP contribution in [0.4, 0.5) is 0 Å². The fourth-order valence-electron chi connectivity index (χ4n) is 1.80. The molecule has 0 aliphatic rings. The lowest BCUT2D eigenvalue weighted by atomic mass is 10.1. The number of hydrogen-bond acceptors (Lipinski definition) is 4. The van der Waals surface area contributed by atoms with Gasteiger partial charge < -0.3 is 5.73 Å². The van der Waals surface area contributed by atoms with Gasteiger partial charge in [0.25, 0.3) is 0 Å². The van der Waals surface area contributed by atoms with Crippen LogP contribution in [0.1, 0.15) is 11.3 Å². The van der Waals surface area contributed by atoms with E-state index in [1.54, 1.807) is 24.3 Å². The second-order valence-electron chi connectivity index (χ2n) is 4.18. The van der Waals surface area contributed by atoms with Crippen molar-refractivity contribution in [1.29, 1.82) is 0 Å². The molecule has 0 aliphatic heterocycles. The van der Waals surface area contributed by atoms with E-state index in [0.29, 0.717) is 11.4 Å². The molecular weight excluding hydrogens is 250 g/mol. The zero-order chi connectivity index (χ0) is 13.3.